The first-order valence-corrected chi connectivity index (χ1v) is 12.9. The van der Waals surface area contributed by atoms with E-state index in [0.717, 1.165) is 70.1 Å². The Morgan fingerprint density at radius 3 is 2.31 bits per heavy atom. The quantitative estimate of drug-likeness (QED) is 0.237. The summed E-state index contributed by atoms with van der Waals surface area (Å²) in [4.78, 5) is 9.94. The van der Waals surface area contributed by atoms with Crippen molar-refractivity contribution in [1.82, 2.24) is 19.7 Å². The van der Waals surface area contributed by atoms with E-state index in [0.29, 0.717) is 30.8 Å². The van der Waals surface area contributed by atoms with Crippen LogP contribution >= 0.6 is 0 Å². The highest BCUT2D eigenvalue weighted by Gasteiger charge is 2.33. The molecule has 3 heterocycles. The maximum absolute atomic E-state index is 13.1. The number of hydrogen-bond donors (Lipinski definition) is 2. The minimum absolute atomic E-state index is 0.228. The molecule has 1 aliphatic rings. The maximum Gasteiger partial charge on any atom is 0.419 e. The minimum atomic E-state index is -4.50. The van der Waals surface area contributed by atoms with Crippen LogP contribution in [0.4, 0.5) is 24.8 Å². The molecule has 1 aliphatic heterocycles. The van der Waals surface area contributed by atoms with Crippen LogP contribution in [0.3, 0.4) is 0 Å². The number of nitrogens with two attached hydrogens (primary N) is 1. The third-order valence-electron chi connectivity index (χ3n) is 7.36. The van der Waals surface area contributed by atoms with E-state index in [-0.39, 0.29) is 5.95 Å². The Hall–Kier alpha value is -4.21. The van der Waals surface area contributed by atoms with Gasteiger partial charge in [0, 0.05) is 60.5 Å². The number of aromatic nitrogens is 4. The molecule has 202 valence electrons. The highest BCUT2D eigenvalue weighted by Crippen LogP contribution is 2.39. The number of para-hydroxylation sites is 1. The first-order chi connectivity index (χ1) is 18.7. The smallest absolute Gasteiger partial charge is 0.398 e. The molecule has 0 aliphatic carbocycles. The van der Waals surface area contributed by atoms with Crippen molar-refractivity contribution in [2.24, 2.45) is 0 Å². The second-order valence-corrected chi connectivity index (χ2v) is 9.66. The van der Waals surface area contributed by atoms with Crippen molar-refractivity contribution in [1.29, 1.82) is 5.41 Å². The van der Waals surface area contributed by atoms with Crippen LogP contribution in [0.15, 0.2) is 42.7 Å². The Balaban J connectivity index is 1.72. The van der Waals surface area contributed by atoms with Gasteiger partial charge in [-0.3, -0.25) is 0 Å². The number of rotatable bonds is 6. The molecule has 0 unspecified atom stereocenters. The van der Waals surface area contributed by atoms with Gasteiger partial charge in [0.15, 0.2) is 0 Å². The van der Waals surface area contributed by atoms with E-state index in [4.69, 9.17) is 16.2 Å². The Morgan fingerprint density at radius 1 is 1.05 bits per heavy atom. The molecule has 0 bridgehead atoms. The van der Waals surface area contributed by atoms with Gasteiger partial charge >= 0.3 is 6.18 Å². The molecular formula is C29H30F3N7. The molecule has 0 fully saturated rings. The van der Waals surface area contributed by atoms with Crippen molar-refractivity contribution >= 4 is 17.9 Å². The maximum atomic E-state index is 13.1. The number of nitrogen functional groups attached to an aromatic ring is 1. The third-order valence-corrected chi connectivity index (χ3v) is 7.36. The Labute approximate surface area is 225 Å². The van der Waals surface area contributed by atoms with E-state index in [1.807, 2.05) is 28.6 Å². The summed E-state index contributed by atoms with van der Waals surface area (Å²) in [6.45, 7) is 7.00. The van der Waals surface area contributed by atoms with Gasteiger partial charge in [-0.2, -0.15) is 18.3 Å². The van der Waals surface area contributed by atoms with Gasteiger partial charge in [-0.25, -0.2) is 14.6 Å². The molecule has 0 spiro atoms. The monoisotopic (exact) mass is 533 g/mol. The normalized spacial score (nSPS) is 13.4. The fourth-order valence-electron chi connectivity index (χ4n) is 5.21. The predicted octanol–water partition coefficient (Wildman–Crippen LogP) is 5.92. The zero-order chi connectivity index (χ0) is 27.9. The zero-order valence-electron chi connectivity index (χ0n) is 22.1. The number of nitrogens with one attached hydrogen (secondary N) is 1. The summed E-state index contributed by atoms with van der Waals surface area (Å²) in [7, 11) is 0. The number of nitrogens with zero attached hydrogens (tertiary/aromatic N) is 5. The van der Waals surface area contributed by atoms with Gasteiger partial charge in [0.2, 0.25) is 5.95 Å². The lowest BCUT2D eigenvalue weighted by molar-refractivity contribution is -0.138. The lowest BCUT2D eigenvalue weighted by atomic mass is 9.94. The standard InChI is InChI=1S/C29H30F3N7/c1-4-18-7-6-8-19(5-2)26(18)39-27(21-10-9-17(3)25(34)22(21)13-33)23-16-38(12-11-24(23)37-39)28-35-14-20(15-36-28)29(30,31)32/h6-10,13-15,33H,4-5,11-12,16,34H2,1-3H3. The van der Waals surface area contributed by atoms with Gasteiger partial charge in [0.1, 0.15) is 0 Å². The van der Waals surface area contributed by atoms with E-state index in [9.17, 15) is 13.2 Å². The number of aryl methyl sites for hydroxylation is 3. The van der Waals surface area contributed by atoms with Crippen LogP contribution in [0.25, 0.3) is 16.9 Å². The fourth-order valence-corrected chi connectivity index (χ4v) is 5.21. The summed E-state index contributed by atoms with van der Waals surface area (Å²) in [6.07, 6.45) is 0.602. The summed E-state index contributed by atoms with van der Waals surface area (Å²) in [6, 6.07) is 10.2. The highest BCUT2D eigenvalue weighted by molar-refractivity contribution is 5.96. The molecule has 5 rings (SSSR count). The number of alkyl halides is 3. The van der Waals surface area contributed by atoms with Crippen molar-refractivity contribution in [3.63, 3.8) is 0 Å². The summed E-state index contributed by atoms with van der Waals surface area (Å²) in [5.74, 6) is 0.228. The molecule has 2 aromatic heterocycles. The second kappa shape index (κ2) is 10.2. The SMILES string of the molecule is CCc1cccc(CC)c1-n1nc2c(c1-c1ccc(C)c(N)c1C=N)CN(c1ncc(C(F)(F)F)cn1)CC2. The van der Waals surface area contributed by atoms with E-state index in [1.165, 1.54) is 6.21 Å². The van der Waals surface area contributed by atoms with Crippen LogP contribution in [-0.2, 0) is 32.0 Å². The molecule has 10 heteroatoms. The molecule has 4 aromatic rings. The topological polar surface area (TPSA) is 96.7 Å². The van der Waals surface area contributed by atoms with E-state index in [2.05, 4.69) is 42.0 Å². The van der Waals surface area contributed by atoms with Crippen LogP contribution in [0, 0.1) is 12.3 Å². The average molecular weight is 534 g/mol. The number of fused-ring (bicyclic) bond motifs is 1. The Morgan fingerprint density at radius 2 is 1.72 bits per heavy atom. The summed E-state index contributed by atoms with van der Waals surface area (Å²) in [5.41, 5.74) is 14.3. The first-order valence-electron chi connectivity index (χ1n) is 12.9. The molecule has 2 aromatic carbocycles. The van der Waals surface area contributed by atoms with Crippen LogP contribution < -0.4 is 10.6 Å². The Kier molecular flexibility index (Phi) is 6.88. The number of hydrogen-bond acceptors (Lipinski definition) is 6. The van der Waals surface area contributed by atoms with Crippen LogP contribution in [0.2, 0.25) is 0 Å². The van der Waals surface area contributed by atoms with Crippen LogP contribution in [-0.4, -0.2) is 32.5 Å². The molecule has 0 amide bonds. The molecule has 0 radical (unpaired) electrons. The van der Waals surface area contributed by atoms with Crippen molar-refractivity contribution in [2.75, 3.05) is 17.2 Å². The van der Waals surface area contributed by atoms with Crippen LogP contribution in [0.5, 0.6) is 0 Å². The van der Waals surface area contributed by atoms with Gasteiger partial charge in [-0.15, -0.1) is 0 Å². The summed E-state index contributed by atoms with van der Waals surface area (Å²) < 4.78 is 41.2. The van der Waals surface area contributed by atoms with E-state index < -0.39 is 11.7 Å². The third kappa shape index (κ3) is 4.64. The zero-order valence-corrected chi connectivity index (χ0v) is 22.1. The molecule has 0 saturated carbocycles. The number of halogens is 3. The number of anilines is 2. The van der Waals surface area contributed by atoms with Gasteiger partial charge in [-0.1, -0.05) is 44.2 Å². The minimum Gasteiger partial charge on any atom is -0.398 e. The lowest BCUT2D eigenvalue weighted by Crippen LogP contribution is -2.31. The van der Waals surface area contributed by atoms with Gasteiger partial charge in [-0.05, 0) is 36.5 Å². The summed E-state index contributed by atoms with van der Waals surface area (Å²) in [5, 5.41) is 13.3. The lowest BCUT2D eigenvalue weighted by Gasteiger charge is -2.27. The second-order valence-electron chi connectivity index (χ2n) is 9.66. The molecular weight excluding hydrogens is 503 g/mol. The van der Waals surface area contributed by atoms with Crippen molar-refractivity contribution < 1.29 is 13.2 Å². The molecule has 39 heavy (non-hydrogen) atoms. The molecule has 0 saturated heterocycles. The van der Waals surface area contributed by atoms with Gasteiger partial charge < -0.3 is 16.0 Å². The molecule has 7 nitrogen and oxygen atoms in total. The Bertz CT molecular complexity index is 1520. The largest absolute Gasteiger partial charge is 0.419 e. The van der Waals surface area contributed by atoms with Crippen molar-refractivity contribution in [3.8, 4) is 16.9 Å². The molecule has 3 N–H and O–H groups in total. The fraction of sp³-hybridized carbons (Fsp3) is 0.310. The van der Waals surface area contributed by atoms with E-state index in [1.54, 1.807) is 0 Å². The summed E-state index contributed by atoms with van der Waals surface area (Å²) >= 11 is 0. The van der Waals surface area contributed by atoms with Crippen molar-refractivity contribution in [3.05, 3.63) is 81.8 Å². The highest BCUT2D eigenvalue weighted by atomic mass is 19.4. The first kappa shape index (κ1) is 26.4. The number of benzene rings is 2. The van der Waals surface area contributed by atoms with Crippen molar-refractivity contribution in [2.45, 2.75) is 52.8 Å². The van der Waals surface area contributed by atoms with Gasteiger partial charge in [0.25, 0.3) is 0 Å². The van der Waals surface area contributed by atoms with Gasteiger partial charge in [0.05, 0.1) is 22.6 Å². The predicted molar refractivity (Wildman–Crippen MR) is 147 cm³/mol. The van der Waals surface area contributed by atoms with E-state index >= 15 is 0 Å². The van der Waals surface area contributed by atoms with Crippen LogP contribution in [0.1, 0.15) is 52.9 Å². The molecule has 0 atom stereocenters. The average Bonchev–Trinajstić information content (AvgIpc) is 3.31.